The van der Waals surface area contributed by atoms with E-state index in [4.69, 9.17) is 5.73 Å². The zero-order valence-electron chi connectivity index (χ0n) is 11.7. The van der Waals surface area contributed by atoms with Gasteiger partial charge in [-0.15, -0.1) is 0 Å². The Hall–Kier alpha value is -2.43. The fourth-order valence-electron chi connectivity index (χ4n) is 2.17. The van der Waals surface area contributed by atoms with Gasteiger partial charge in [-0.3, -0.25) is 4.79 Å². The Kier molecular flexibility index (Phi) is 3.98. The number of aromatic hydroxyl groups is 1. The molecule has 0 atom stereocenters. The molecule has 1 amide bonds. The summed E-state index contributed by atoms with van der Waals surface area (Å²) in [4.78, 5) is 14.0. The van der Waals surface area contributed by atoms with E-state index in [9.17, 15) is 9.90 Å². The van der Waals surface area contributed by atoms with Gasteiger partial charge in [-0.1, -0.05) is 12.1 Å². The Labute approximate surface area is 118 Å². The first-order chi connectivity index (χ1) is 9.51. The van der Waals surface area contributed by atoms with E-state index in [1.807, 2.05) is 17.6 Å². The van der Waals surface area contributed by atoms with Crippen LogP contribution in [0.25, 0.3) is 0 Å². The van der Waals surface area contributed by atoms with E-state index in [2.05, 4.69) is 0 Å². The molecule has 0 bridgehead atoms. The second-order valence-electron chi connectivity index (χ2n) is 4.78. The molecule has 0 aliphatic carbocycles. The summed E-state index contributed by atoms with van der Waals surface area (Å²) < 4.78 is 1.83. The summed E-state index contributed by atoms with van der Waals surface area (Å²) in [5, 5.41) is 9.44. The quantitative estimate of drug-likeness (QED) is 0.895. The number of phenolic OH excluding ortho intramolecular Hbond substituents is 1. The van der Waals surface area contributed by atoms with Crippen LogP contribution in [0.3, 0.4) is 0 Å². The molecule has 2 rings (SSSR count). The van der Waals surface area contributed by atoms with E-state index >= 15 is 0 Å². The Morgan fingerprint density at radius 2 is 2.15 bits per heavy atom. The molecule has 0 saturated carbocycles. The molecular weight excluding hydrogens is 254 g/mol. The van der Waals surface area contributed by atoms with Crippen molar-refractivity contribution in [3.8, 4) is 5.75 Å². The number of rotatable bonds is 4. The van der Waals surface area contributed by atoms with E-state index in [0.29, 0.717) is 24.5 Å². The molecule has 0 radical (unpaired) electrons. The summed E-state index contributed by atoms with van der Waals surface area (Å²) >= 11 is 0. The van der Waals surface area contributed by atoms with Gasteiger partial charge in [-0.2, -0.15) is 0 Å². The normalized spacial score (nSPS) is 10.5. The van der Waals surface area contributed by atoms with E-state index < -0.39 is 0 Å². The lowest BCUT2D eigenvalue weighted by Gasteiger charge is -2.18. The molecule has 0 spiro atoms. The molecule has 0 unspecified atom stereocenters. The Balaban J connectivity index is 2.16. The molecule has 0 saturated heterocycles. The average molecular weight is 273 g/mol. The van der Waals surface area contributed by atoms with Crippen LogP contribution in [0.4, 0.5) is 5.69 Å². The van der Waals surface area contributed by atoms with Crippen LogP contribution < -0.4 is 5.73 Å². The topological polar surface area (TPSA) is 71.5 Å². The summed E-state index contributed by atoms with van der Waals surface area (Å²) in [7, 11) is 1.73. The minimum Gasteiger partial charge on any atom is -0.508 e. The summed E-state index contributed by atoms with van der Waals surface area (Å²) in [6.07, 6.45) is 1.76. The third-order valence-electron chi connectivity index (χ3n) is 3.15. The summed E-state index contributed by atoms with van der Waals surface area (Å²) in [6, 6.07) is 8.57. The first-order valence-corrected chi connectivity index (χ1v) is 6.50. The summed E-state index contributed by atoms with van der Waals surface area (Å²) in [5.74, 6) is 0.108. The highest BCUT2D eigenvalue weighted by atomic mass is 16.3. The zero-order chi connectivity index (χ0) is 14.7. The molecule has 5 heteroatoms. The lowest BCUT2D eigenvalue weighted by molar-refractivity contribution is 0.0774. The molecule has 0 aliphatic heterocycles. The SMILES string of the molecule is CCn1cc(N)cc1C(=O)N(C)Cc1cccc(O)c1. The number of aromatic nitrogens is 1. The van der Waals surface area contributed by atoms with Gasteiger partial charge in [0.2, 0.25) is 0 Å². The number of hydrogen-bond acceptors (Lipinski definition) is 3. The number of benzene rings is 1. The number of phenols is 1. The number of aryl methyl sites for hydroxylation is 1. The van der Waals surface area contributed by atoms with Gasteiger partial charge < -0.3 is 20.3 Å². The van der Waals surface area contributed by atoms with E-state index in [1.165, 1.54) is 0 Å². The van der Waals surface area contributed by atoms with Gasteiger partial charge in [0.05, 0.1) is 5.69 Å². The van der Waals surface area contributed by atoms with Gasteiger partial charge in [0.15, 0.2) is 0 Å². The van der Waals surface area contributed by atoms with Crippen LogP contribution in [-0.4, -0.2) is 27.5 Å². The second-order valence-corrected chi connectivity index (χ2v) is 4.78. The second kappa shape index (κ2) is 5.69. The fraction of sp³-hybridized carbons (Fsp3) is 0.267. The van der Waals surface area contributed by atoms with E-state index in [0.717, 1.165) is 5.56 Å². The maximum absolute atomic E-state index is 12.4. The number of nitrogens with zero attached hydrogens (tertiary/aromatic N) is 2. The van der Waals surface area contributed by atoms with Crippen molar-refractivity contribution in [1.29, 1.82) is 0 Å². The minimum absolute atomic E-state index is 0.0908. The van der Waals surface area contributed by atoms with Crippen LogP contribution in [0.5, 0.6) is 5.75 Å². The van der Waals surface area contributed by atoms with Crippen molar-refractivity contribution in [2.75, 3.05) is 12.8 Å². The van der Waals surface area contributed by atoms with Gasteiger partial charge in [-0.25, -0.2) is 0 Å². The fourth-order valence-corrected chi connectivity index (χ4v) is 2.17. The first kappa shape index (κ1) is 14.0. The van der Waals surface area contributed by atoms with Crippen molar-refractivity contribution in [2.24, 2.45) is 0 Å². The van der Waals surface area contributed by atoms with Crippen molar-refractivity contribution in [2.45, 2.75) is 20.0 Å². The number of anilines is 1. The van der Waals surface area contributed by atoms with Crippen LogP contribution in [-0.2, 0) is 13.1 Å². The molecule has 1 heterocycles. The number of nitrogens with two attached hydrogens (primary N) is 1. The number of carbonyl (C=O) groups excluding carboxylic acids is 1. The predicted molar refractivity (Wildman–Crippen MR) is 78.4 cm³/mol. The largest absolute Gasteiger partial charge is 0.508 e. The van der Waals surface area contributed by atoms with Gasteiger partial charge in [0.1, 0.15) is 11.4 Å². The standard InChI is InChI=1S/C15H19N3O2/c1-3-18-10-12(16)8-14(18)15(20)17(2)9-11-5-4-6-13(19)7-11/h4-8,10,19H,3,9,16H2,1-2H3. The molecule has 1 aromatic carbocycles. The first-order valence-electron chi connectivity index (χ1n) is 6.50. The van der Waals surface area contributed by atoms with Crippen LogP contribution >= 0.6 is 0 Å². The Bertz CT molecular complexity index is 619. The third kappa shape index (κ3) is 2.93. The van der Waals surface area contributed by atoms with Gasteiger partial charge in [0.25, 0.3) is 5.91 Å². The van der Waals surface area contributed by atoms with Crippen LogP contribution in [0.1, 0.15) is 23.0 Å². The van der Waals surface area contributed by atoms with Crippen molar-refractivity contribution in [3.63, 3.8) is 0 Å². The van der Waals surface area contributed by atoms with Crippen LogP contribution in [0.2, 0.25) is 0 Å². The van der Waals surface area contributed by atoms with Crippen molar-refractivity contribution in [1.82, 2.24) is 9.47 Å². The maximum Gasteiger partial charge on any atom is 0.270 e. The smallest absolute Gasteiger partial charge is 0.270 e. The Morgan fingerprint density at radius 3 is 2.80 bits per heavy atom. The van der Waals surface area contributed by atoms with Crippen molar-refractivity contribution < 1.29 is 9.90 Å². The molecular formula is C15H19N3O2. The van der Waals surface area contributed by atoms with Crippen molar-refractivity contribution >= 4 is 11.6 Å². The molecule has 1 aromatic heterocycles. The van der Waals surface area contributed by atoms with Gasteiger partial charge in [0, 0.05) is 26.3 Å². The molecule has 2 aromatic rings. The van der Waals surface area contributed by atoms with Crippen molar-refractivity contribution in [3.05, 3.63) is 47.8 Å². The lowest BCUT2D eigenvalue weighted by atomic mass is 10.2. The van der Waals surface area contributed by atoms with E-state index in [-0.39, 0.29) is 11.7 Å². The van der Waals surface area contributed by atoms with E-state index in [1.54, 1.807) is 42.4 Å². The molecule has 0 fully saturated rings. The van der Waals surface area contributed by atoms with Gasteiger partial charge >= 0.3 is 0 Å². The number of amides is 1. The molecule has 20 heavy (non-hydrogen) atoms. The number of nitrogen functional groups attached to an aromatic ring is 1. The third-order valence-corrected chi connectivity index (χ3v) is 3.15. The number of carbonyl (C=O) groups is 1. The van der Waals surface area contributed by atoms with Gasteiger partial charge in [-0.05, 0) is 30.7 Å². The van der Waals surface area contributed by atoms with Crippen LogP contribution in [0, 0.1) is 0 Å². The Morgan fingerprint density at radius 1 is 1.40 bits per heavy atom. The maximum atomic E-state index is 12.4. The highest BCUT2D eigenvalue weighted by Gasteiger charge is 2.16. The molecule has 5 nitrogen and oxygen atoms in total. The summed E-state index contributed by atoms with van der Waals surface area (Å²) in [5.41, 5.74) is 7.78. The zero-order valence-corrected chi connectivity index (χ0v) is 11.7. The molecule has 3 N–H and O–H groups in total. The summed E-state index contributed by atoms with van der Waals surface area (Å²) in [6.45, 7) is 3.09. The number of hydrogen-bond donors (Lipinski definition) is 2. The highest BCUT2D eigenvalue weighted by Crippen LogP contribution is 2.16. The predicted octanol–water partition coefficient (Wildman–Crippen LogP) is 2.07. The monoisotopic (exact) mass is 273 g/mol. The lowest BCUT2D eigenvalue weighted by Crippen LogP contribution is -2.28. The van der Waals surface area contributed by atoms with Crippen LogP contribution in [0.15, 0.2) is 36.5 Å². The minimum atomic E-state index is -0.0908. The average Bonchev–Trinajstić information content (AvgIpc) is 2.79. The molecule has 0 aliphatic rings. The highest BCUT2D eigenvalue weighted by molar-refractivity contribution is 5.93. The molecule has 106 valence electrons.